The van der Waals surface area contributed by atoms with Gasteiger partial charge in [0.1, 0.15) is 5.60 Å². The molecule has 0 radical (unpaired) electrons. The van der Waals surface area contributed by atoms with Gasteiger partial charge in [-0.3, -0.25) is 4.79 Å². The zero-order valence-electron chi connectivity index (χ0n) is 7.73. The minimum Gasteiger partial charge on any atom is -0.361 e. The van der Waals surface area contributed by atoms with Gasteiger partial charge in [0.05, 0.1) is 6.61 Å². The van der Waals surface area contributed by atoms with E-state index in [-0.39, 0.29) is 11.2 Å². The van der Waals surface area contributed by atoms with Crippen molar-refractivity contribution in [3.63, 3.8) is 0 Å². The Labute approximate surface area is 67.9 Å². The molecule has 1 saturated heterocycles. The van der Waals surface area contributed by atoms with Crippen molar-refractivity contribution < 1.29 is 9.53 Å². The maximum absolute atomic E-state index is 11.7. The van der Waals surface area contributed by atoms with Crippen molar-refractivity contribution in [1.29, 1.82) is 0 Å². The van der Waals surface area contributed by atoms with Gasteiger partial charge in [0, 0.05) is 5.41 Å². The van der Waals surface area contributed by atoms with E-state index < -0.39 is 5.60 Å². The second-order valence-electron chi connectivity index (χ2n) is 4.22. The Balaban J connectivity index is 2.69. The second-order valence-corrected chi connectivity index (χ2v) is 4.22. The first kappa shape index (κ1) is 8.72. The summed E-state index contributed by atoms with van der Waals surface area (Å²) in [6, 6.07) is 0. The van der Waals surface area contributed by atoms with Crippen molar-refractivity contribution in [2.75, 3.05) is 6.61 Å². The van der Waals surface area contributed by atoms with Crippen molar-refractivity contribution in [2.45, 2.75) is 39.7 Å². The molecule has 0 aliphatic carbocycles. The molecule has 0 spiro atoms. The minimum atomic E-state index is -0.405. The monoisotopic (exact) mass is 156 g/mol. The highest BCUT2D eigenvalue weighted by Crippen LogP contribution is 2.37. The Morgan fingerprint density at radius 1 is 1.55 bits per heavy atom. The highest BCUT2D eigenvalue weighted by atomic mass is 16.6. The fourth-order valence-electron chi connectivity index (χ4n) is 1.27. The smallest absolute Gasteiger partial charge is 0.172 e. The minimum absolute atomic E-state index is 0.243. The SMILES string of the molecule is CC[C@]1(C(=O)C(C)(C)C)CO1. The van der Waals surface area contributed by atoms with Crippen LogP contribution in [0, 0.1) is 5.41 Å². The number of carbonyl (C=O) groups excluding carboxylic acids is 1. The number of rotatable bonds is 2. The average Bonchev–Trinajstić information content (AvgIpc) is 2.64. The molecule has 64 valence electrons. The normalized spacial score (nSPS) is 30.2. The van der Waals surface area contributed by atoms with Crippen molar-refractivity contribution in [3.05, 3.63) is 0 Å². The summed E-state index contributed by atoms with van der Waals surface area (Å²) in [6.45, 7) is 8.44. The van der Waals surface area contributed by atoms with Gasteiger partial charge in [0.2, 0.25) is 0 Å². The molecule has 0 amide bonds. The van der Waals surface area contributed by atoms with Crippen LogP contribution in [0.5, 0.6) is 0 Å². The Bertz CT molecular complexity index is 172. The molecule has 2 heteroatoms. The standard InChI is InChI=1S/C9H16O2/c1-5-9(6-11-9)7(10)8(2,3)4/h5-6H2,1-4H3/t9-/m1/s1. The predicted octanol–water partition coefficient (Wildman–Crippen LogP) is 1.78. The van der Waals surface area contributed by atoms with Crippen LogP contribution in [0.15, 0.2) is 0 Å². The van der Waals surface area contributed by atoms with E-state index in [2.05, 4.69) is 0 Å². The molecule has 0 unspecified atom stereocenters. The third-order valence-corrected chi connectivity index (χ3v) is 2.16. The molecule has 1 fully saturated rings. The molecule has 1 atom stereocenters. The first-order valence-corrected chi connectivity index (χ1v) is 4.11. The van der Waals surface area contributed by atoms with Gasteiger partial charge >= 0.3 is 0 Å². The average molecular weight is 156 g/mol. The Kier molecular flexibility index (Phi) is 1.83. The van der Waals surface area contributed by atoms with E-state index in [1.807, 2.05) is 27.7 Å². The van der Waals surface area contributed by atoms with E-state index in [1.165, 1.54) is 0 Å². The lowest BCUT2D eigenvalue weighted by Gasteiger charge is -2.20. The van der Waals surface area contributed by atoms with Gasteiger partial charge in [-0.25, -0.2) is 0 Å². The van der Waals surface area contributed by atoms with Crippen molar-refractivity contribution in [2.24, 2.45) is 5.41 Å². The quantitative estimate of drug-likeness (QED) is 0.570. The van der Waals surface area contributed by atoms with Crippen molar-refractivity contribution in [3.8, 4) is 0 Å². The molecule has 1 aliphatic heterocycles. The number of hydrogen-bond acceptors (Lipinski definition) is 2. The van der Waals surface area contributed by atoms with Crippen LogP contribution in [0.4, 0.5) is 0 Å². The summed E-state index contributed by atoms with van der Waals surface area (Å²) in [5, 5.41) is 0. The van der Waals surface area contributed by atoms with Gasteiger partial charge in [-0.1, -0.05) is 27.7 Å². The number of ether oxygens (including phenoxy) is 1. The zero-order chi connectivity index (χ0) is 8.70. The molecule has 1 rings (SSSR count). The maximum Gasteiger partial charge on any atom is 0.172 e. The number of epoxide rings is 1. The molecule has 1 aliphatic rings. The van der Waals surface area contributed by atoms with E-state index in [1.54, 1.807) is 0 Å². The van der Waals surface area contributed by atoms with Crippen LogP contribution < -0.4 is 0 Å². The fraction of sp³-hybridized carbons (Fsp3) is 0.889. The predicted molar refractivity (Wildman–Crippen MR) is 43.4 cm³/mol. The summed E-state index contributed by atoms with van der Waals surface area (Å²) in [5.41, 5.74) is -0.662. The van der Waals surface area contributed by atoms with Crippen molar-refractivity contribution >= 4 is 5.78 Å². The zero-order valence-corrected chi connectivity index (χ0v) is 7.73. The first-order valence-electron chi connectivity index (χ1n) is 4.11. The van der Waals surface area contributed by atoms with Crippen LogP contribution >= 0.6 is 0 Å². The van der Waals surface area contributed by atoms with Crippen LogP contribution in [0.25, 0.3) is 0 Å². The third-order valence-electron chi connectivity index (χ3n) is 2.16. The molecule has 0 aromatic rings. The van der Waals surface area contributed by atoms with Gasteiger partial charge in [0.25, 0.3) is 0 Å². The van der Waals surface area contributed by atoms with Gasteiger partial charge in [0.15, 0.2) is 5.78 Å². The van der Waals surface area contributed by atoms with Crippen LogP contribution in [0.3, 0.4) is 0 Å². The van der Waals surface area contributed by atoms with Gasteiger partial charge < -0.3 is 4.74 Å². The molecule has 0 N–H and O–H groups in total. The molecule has 0 aromatic carbocycles. The van der Waals surface area contributed by atoms with Crippen LogP contribution in [-0.2, 0) is 9.53 Å². The Morgan fingerprint density at radius 3 is 2.09 bits per heavy atom. The summed E-state index contributed by atoms with van der Waals surface area (Å²) < 4.78 is 5.18. The van der Waals surface area contributed by atoms with Crippen molar-refractivity contribution in [1.82, 2.24) is 0 Å². The fourth-order valence-corrected chi connectivity index (χ4v) is 1.27. The topological polar surface area (TPSA) is 29.6 Å². The summed E-state index contributed by atoms with van der Waals surface area (Å²) in [6.07, 6.45) is 0.809. The lowest BCUT2D eigenvalue weighted by Crippen LogP contribution is -2.34. The molecule has 11 heavy (non-hydrogen) atoms. The molecule has 0 saturated carbocycles. The number of hydrogen-bond donors (Lipinski definition) is 0. The second kappa shape index (κ2) is 2.31. The lowest BCUT2D eigenvalue weighted by atomic mass is 9.82. The molecule has 0 aromatic heterocycles. The number of carbonyl (C=O) groups is 1. The molecule has 0 bridgehead atoms. The summed E-state index contributed by atoms with van der Waals surface area (Å²) in [7, 11) is 0. The molecular weight excluding hydrogens is 140 g/mol. The van der Waals surface area contributed by atoms with Crippen LogP contribution in [0.2, 0.25) is 0 Å². The summed E-state index contributed by atoms with van der Waals surface area (Å²) in [4.78, 5) is 11.7. The van der Waals surface area contributed by atoms with Crippen LogP contribution in [0.1, 0.15) is 34.1 Å². The molecule has 2 nitrogen and oxygen atoms in total. The Morgan fingerprint density at radius 2 is 2.00 bits per heavy atom. The third kappa shape index (κ3) is 1.45. The van der Waals surface area contributed by atoms with E-state index in [0.29, 0.717) is 6.61 Å². The largest absolute Gasteiger partial charge is 0.361 e. The summed E-state index contributed by atoms with van der Waals surface area (Å²) in [5.74, 6) is 0.243. The Hall–Kier alpha value is -0.370. The van der Waals surface area contributed by atoms with Crippen LogP contribution in [-0.4, -0.2) is 18.0 Å². The van der Waals surface area contributed by atoms with Gasteiger partial charge in [-0.15, -0.1) is 0 Å². The highest BCUT2D eigenvalue weighted by molar-refractivity contribution is 5.93. The van der Waals surface area contributed by atoms with E-state index >= 15 is 0 Å². The van der Waals surface area contributed by atoms with Gasteiger partial charge in [-0.05, 0) is 6.42 Å². The number of Topliss-reactive ketones (excluding diaryl/α,β-unsaturated/α-hetero) is 1. The van der Waals surface area contributed by atoms with E-state index in [9.17, 15) is 4.79 Å². The van der Waals surface area contributed by atoms with Gasteiger partial charge in [-0.2, -0.15) is 0 Å². The summed E-state index contributed by atoms with van der Waals surface area (Å²) >= 11 is 0. The molecule has 1 heterocycles. The molecular formula is C9H16O2. The lowest BCUT2D eigenvalue weighted by molar-refractivity contribution is -0.131. The maximum atomic E-state index is 11.7. The van der Waals surface area contributed by atoms with E-state index in [4.69, 9.17) is 4.74 Å². The highest BCUT2D eigenvalue weighted by Gasteiger charge is 2.53. The van der Waals surface area contributed by atoms with E-state index in [0.717, 1.165) is 6.42 Å². The number of ketones is 1. The first-order chi connectivity index (χ1) is 4.92.